The number of rotatable bonds is 13. The van der Waals surface area contributed by atoms with E-state index in [0.29, 0.717) is 16.8 Å². The van der Waals surface area contributed by atoms with E-state index in [0.717, 1.165) is 33.4 Å². The van der Waals surface area contributed by atoms with Crippen LogP contribution in [0.25, 0.3) is 11.0 Å². The van der Waals surface area contributed by atoms with Crippen LogP contribution in [0.3, 0.4) is 0 Å². The van der Waals surface area contributed by atoms with Crippen molar-refractivity contribution in [2.24, 2.45) is 0 Å². The van der Waals surface area contributed by atoms with Crippen LogP contribution in [-0.4, -0.2) is 32.9 Å². The fraction of sp³-hybridized carbons (Fsp3) is 0.0851. The molecule has 8 aromatic rings. The second kappa shape index (κ2) is 15.8. The van der Waals surface area contributed by atoms with Gasteiger partial charge in [0.05, 0.1) is 10.3 Å². The standard InChI is InChI=1S/C47H38N4O2S/c52-45(53-51-44-34-20-19-33-42(44)49-50-51)43(48-46(36-21-7-1-8-22-36,37-23-9-2-10-24-37)38-25-11-3-12-26-38)35-54-47(39-27-13-4-14-28-39,40-29-15-5-16-30-40)41-31-17-6-18-32-41/h1-34,43,48H,35H2. The molecule has 0 saturated carbocycles. The first kappa shape index (κ1) is 34.8. The fourth-order valence-electron chi connectivity index (χ4n) is 7.29. The van der Waals surface area contributed by atoms with Gasteiger partial charge in [0.25, 0.3) is 0 Å². The van der Waals surface area contributed by atoms with Gasteiger partial charge in [0.2, 0.25) is 0 Å². The molecule has 7 aromatic carbocycles. The molecular formula is C47H38N4O2S. The van der Waals surface area contributed by atoms with E-state index in [-0.39, 0.29) is 0 Å². The third kappa shape index (κ3) is 6.71. The SMILES string of the molecule is O=C(On1nnc2ccccc21)C(CSC(c1ccccc1)(c1ccccc1)c1ccccc1)NC(c1ccccc1)(c1ccccc1)c1ccccc1. The predicted octanol–water partition coefficient (Wildman–Crippen LogP) is 9.06. The lowest BCUT2D eigenvalue weighted by Crippen LogP contribution is -2.55. The summed E-state index contributed by atoms with van der Waals surface area (Å²) in [7, 11) is 0. The summed E-state index contributed by atoms with van der Waals surface area (Å²) in [5, 5.41) is 12.4. The number of aromatic nitrogens is 3. The molecule has 0 aliphatic carbocycles. The molecule has 264 valence electrons. The summed E-state index contributed by atoms with van der Waals surface area (Å²) in [6.45, 7) is 0. The Balaban J connectivity index is 1.31. The summed E-state index contributed by atoms with van der Waals surface area (Å²) in [6, 6.07) is 69.0. The number of thioether (sulfide) groups is 1. The van der Waals surface area contributed by atoms with E-state index in [1.54, 1.807) is 11.8 Å². The molecule has 1 atom stereocenters. The lowest BCUT2D eigenvalue weighted by molar-refractivity contribution is -0.147. The molecule has 1 N–H and O–H groups in total. The minimum Gasteiger partial charge on any atom is -0.315 e. The summed E-state index contributed by atoms with van der Waals surface area (Å²) in [5.74, 6) is -0.174. The summed E-state index contributed by atoms with van der Waals surface area (Å²) in [5.41, 5.74) is 6.53. The zero-order valence-corrected chi connectivity index (χ0v) is 30.3. The molecule has 1 aromatic heterocycles. The van der Waals surface area contributed by atoms with Crippen molar-refractivity contribution in [3.8, 4) is 0 Å². The van der Waals surface area contributed by atoms with Crippen molar-refractivity contribution in [3.63, 3.8) is 0 Å². The van der Waals surface area contributed by atoms with Gasteiger partial charge in [0, 0.05) is 5.75 Å². The molecule has 0 radical (unpaired) electrons. The number of nitrogens with zero attached hydrogens (tertiary/aromatic N) is 3. The maximum Gasteiger partial charge on any atom is 0.352 e. The van der Waals surface area contributed by atoms with Gasteiger partial charge in [-0.25, -0.2) is 4.79 Å². The van der Waals surface area contributed by atoms with Gasteiger partial charge in [-0.1, -0.05) is 199 Å². The van der Waals surface area contributed by atoms with E-state index < -0.39 is 22.3 Å². The largest absolute Gasteiger partial charge is 0.352 e. The van der Waals surface area contributed by atoms with Gasteiger partial charge in [-0.15, -0.1) is 16.9 Å². The van der Waals surface area contributed by atoms with Crippen molar-refractivity contribution in [1.82, 2.24) is 20.5 Å². The summed E-state index contributed by atoms with van der Waals surface area (Å²) in [6.07, 6.45) is 0. The molecule has 0 aliphatic heterocycles. The number of nitrogens with one attached hydrogen (secondary N) is 1. The summed E-state index contributed by atoms with van der Waals surface area (Å²) >= 11 is 1.70. The lowest BCUT2D eigenvalue weighted by atomic mass is 9.76. The van der Waals surface area contributed by atoms with E-state index in [1.165, 1.54) is 4.85 Å². The Bertz CT molecular complexity index is 2220. The maximum atomic E-state index is 15.0. The monoisotopic (exact) mass is 722 g/mol. The number of carbonyl (C=O) groups excluding carboxylic acids is 1. The Kier molecular flexibility index (Phi) is 10.2. The third-order valence-corrected chi connectivity index (χ3v) is 11.4. The summed E-state index contributed by atoms with van der Waals surface area (Å²) < 4.78 is -0.682. The number of fused-ring (bicyclic) bond motifs is 1. The average Bonchev–Trinajstić information content (AvgIpc) is 3.66. The maximum absolute atomic E-state index is 15.0. The average molecular weight is 723 g/mol. The Morgan fingerprint density at radius 2 is 0.907 bits per heavy atom. The molecule has 0 fully saturated rings. The van der Waals surface area contributed by atoms with E-state index in [2.05, 4.69) is 125 Å². The first-order chi connectivity index (χ1) is 26.7. The number of hydrogen-bond donors (Lipinski definition) is 1. The Morgan fingerprint density at radius 1 is 0.537 bits per heavy atom. The van der Waals surface area contributed by atoms with Crippen molar-refractivity contribution in [3.05, 3.63) is 240 Å². The van der Waals surface area contributed by atoms with E-state index in [9.17, 15) is 4.79 Å². The van der Waals surface area contributed by atoms with Crippen molar-refractivity contribution >= 4 is 28.8 Å². The fourth-order valence-corrected chi connectivity index (χ4v) is 8.83. The van der Waals surface area contributed by atoms with Crippen LogP contribution in [0.15, 0.2) is 206 Å². The highest BCUT2D eigenvalue weighted by molar-refractivity contribution is 8.00. The van der Waals surface area contributed by atoms with Crippen molar-refractivity contribution in [2.75, 3.05) is 5.75 Å². The molecule has 0 amide bonds. The normalized spacial score (nSPS) is 12.3. The smallest absolute Gasteiger partial charge is 0.315 e. The van der Waals surface area contributed by atoms with E-state index in [1.807, 2.05) is 97.1 Å². The zero-order chi connectivity index (χ0) is 36.6. The molecule has 0 saturated heterocycles. The van der Waals surface area contributed by atoms with Gasteiger partial charge in [0.15, 0.2) is 0 Å². The third-order valence-electron chi connectivity index (χ3n) is 9.80. The molecule has 0 aliphatic rings. The predicted molar refractivity (Wildman–Crippen MR) is 217 cm³/mol. The molecule has 7 heteroatoms. The van der Waals surface area contributed by atoms with Crippen LogP contribution < -0.4 is 10.2 Å². The second-order valence-electron chi connectivity index (χ2n) is 13.0. The highest BCUT2D eigenvalue weighted by Gasteiger charge is 2.43. The topological polar surface area (TPSA) is 69.0 Å². The molecule has 8 rings (SSSR count). The zero-order valence-electron chi connectivity index (χ0n) is 29.5. The van der Waals surface area contributed by atoms with Crippen LogP contribution in [0, 0.1) is 0 Å². The van der Waals surface area contributed by atoms with Gasteiger partial charge < -0.3 is 4.84 Å². The number of para-hydroxylation sites is 1. The van der Waals surface area contributed by atoms with Crippen LogP contribution in [0.5, 0.6) is 0 Å². The Hall–Kier alpha value is -6.28. The summed E-state index contributed by atoms with van der Waals surface area (Å²) in [4.78, 5) is 22.4. The minimum atomic E-state index is -0.951. The van der Waals surface area contributed by atoms with Crippen LogP contribution >= 0.6 is 11.8 Å². The van der Waals surface area contributed by atoms with Gasteiger partial charge >= 0.3 is 5.97 Å². The first-order valence-electron chi connectivity index (χ1n) is 18.0. The van der Waals surface area contributed by atoms with Crippen molar-refractivity contribution in [1.29, 1.82) is 0 Å². The van der Waals surface area contributed by atoms with Gasteiger partial charge in [0.1, 0.15) is 17.1 Å². The molecular weight excluding hydrogens is 685 g/mol. The molecule has 54 heavy (non-hydrogen) atoms. The quantitative estimate of drug-likeness (QED) is 0.0947. The van der Waals surface area contributed by atoms with Crippen LogP contribution in [-0.2, 0) is 15.1 Å². The number of hydrogen-bond acceptors (Lipinski definition) is 6. The van der Waals surface area contributed by atoms with E-state index >= 15 is 0 Å². The van der Waals surface area contributed by atoms with Crippen molar-refractivity contribution in [2.45, 2.75) is 16.3 Å². The minimum absolute atomic E-state index is 0.318. The van der Waals surface area contributed by atoms with Gasteiger partial charge in [-0.2, -0.15) is 0 Å². The van der Waals surface area contributed by atoms with Gasteiger partial charge in [-0.05, 0) is 50.7 Å². The van der Waals surface area contributed by atoms with Crippen LogP contribution in [0.1, 0.15) is 33.4 Å². The molecule has 1 unspecified atom stereocenters. The first-order valence-corrected chi connectivity index (χ1v) is 18.9. The lowest BCUT2D eigenvalue weighted by Gasteiger charge is -2.41. The second-order valence-corrected chi connectivity index (χ2v) is 14.2. The molecule has 6 nitrogen and oxygen atoms in total. The number of carbonyl (C=O) groups is 1. The Labute approximate surface area is 319 Å². The molecule has 1 heterocycles. The molecule has 0 bridgehead atoms. The van der Waals surface area contributed by atoms with Crippen molar-refractivity contribution < 1.29 is 9.63 Å². The van der Waals surface area contributed by atoms with Gasteiger partial charge in [-0.3, -0.25) is 5.32 Å². The highest BCUT2D eigenvalue weighted by atomic mass is 32.2. The Morgan fingerprint density at radius 3 is 1.33 bits per heavy atom. The highest BCUT2D eigenvalue weighted by Crippen LogP contribution is 2.49. The molecule has 0 spiro atoms. The van der Waals surface area contributed by atoms with Crippen LogP contribution in [0.4, 0.5) is 0 Å². The van der Waals surface area contributed by atoms with Crippen LogP contribution in [0.2, 0.25) is 0 Å². The van der Waals surface area contributed by atoms with E-state index in [4.69, 9.17) is 4.84 Å². The number of benzene rings is 7.